The van der Waals surface area contributed by atoms with Crippen molar-refractivity contribution in [1.29, 1.82) is 0 Å². The minimum Gasteiger partial charge on any atom is -0.262 e. The molecule has 24 heavy (non-hydrogen) atoms. The Bertz CT molecular complexity index is 812. The summed E-state index contributed by atoms with van der Waals surface area (Å²) in [6.45, 7) is 8.40. The van der Waals surface area contributed by atoms with Gasteiger partial charge in [-0.2, -0.15) is 0 Å². The Hall–Kier alpha value is -1.71. The number of halogens is 1. The molecule has 126 valence electrons. The number of aromatic nitrogens is 1. The van der Waals surface area contributed by atoms with Gasteiger partial charge in [0.1, 0.15) is 5.15 Å². The van der Waals surface area contributed by atoms with Crippen molar-refractivity contribution in [1.82, 2.24) is 4.98 Å². The molecule has 1 atom stereocenters. The molecule has 0 aliphatic rings. The molecule has 2 heterocycles. The van der Waals surface area contributed by atoms with Gasteiger partial charge in [-0.25, -0.2) is 4.98 Å². The number of fused-ring (bicyclic) bond motifs is 1. The number of allylic oxidation sites excluding steroid dienone is 5. The number of pyridine rings is 1. The van der Waals surface area contributed by atoms with Crippen molar-refractivity contribution in [2.24, 2.45) is 10.9 Å². The van der Waals surface area contributed by atoms with Crippen molar-refractivity contribution in [2.45, 2.75) is 34.1 Å². The molecule has 1 unspecified atom stereocenters. The zero-order chi connectivity index (χ0) is 17.5. The number of hydrogen-bond donors (Lipinski definition) is 0. The molecule has 0 saturated heterocycles. The predicted octanol–water partition coefficient (Wildman–Crippen LogP) is 6.93. The minimum atomic E-state index is 0.523. The fraction of sp³-hybridized carbons (Fsp3) is 0.300. The van der Waals surface area contributed by atoms with E-state index >= 15 is 0 Å². The van der Waals surface area contributed by atoms with Gasteiger partial charge in [-0.1, -0.05) is 50.1 Å². The molecule has 2 nitrogen and oxygen atoms in total. The van der Waals surface area contributed by atoms with Gasteiger partial charge in [0.15, 0.2) is 0 Å². The van der Waals surface area contributed by atoms with Crippen LogP contribution in [0.5, 0.6) is 0 Å². The third-order valence-electron chi connectivity index (χ3n) is 3.85. The topological polar surface area (TPSA) is 25.2 Å². The minimum absolute atomic E-state index is 0.523. The van der Waals surface area contributed by atoms with Gasteiger partial charge in [-0.05, 0) is 43.5 Å². The molecule has 0 fully saturated rings. The van der Waals surface area contributed by atoms with E-state index in [0.29, 0.717) is 11.1 Å². The molecule has 0 aliphatic carbocycles. The van der Waals surface area contributed by atoms with Gasteiger partial charge in [0.2, 0.25) is 0 Å². The maximum atomic E-state index is 6.05. The third-order valence-corrected chi connectivity index (χ3v) is 4.99. The molecule has 2 rings (SSSR count). The summed E-state index contributed by atoms with van der Waals surface area (Å²) in [6.07, 6.45) is 11.4. The molecule has 0 N–H and O–H groups in total. The van der Waals surface area contributed by atoms with E-state index in [1.54, 1.807) is 11.3 Å². The summed E-state index contributed by atoms with van der Waals surface area (Å²) in [7, 11) is 0. The first-order valence-electron chi connectivity index (χ1n) is 8.14. The average molecular weight is 359 g/mol. The van der Waals surface area contributed by atoms with Gasteiger partial charge < -0.3 is 0 Å². The van der Waals surface area contributed by atoms with E-state index < -0.39 is 0 Å². The molecule has 4 heteroatoms. The van der Waals surface area contributed by atoms with Gasteiger partial charge >= 0.3 is 0 Å². The van der Waals surface area contributed by atoms with Crippen molar-refractivity contribution in [3.05, 3.63) is 58.7 Å². The molecule has 0 bridgehead atoms. The van der Waals surface area contributed by atoms with Crippen LogP contribution in [0, 0.1) is 5.92 Å². The van der Waals surface area contributed by atoms with Crippen LogP contribution in [0.2, 0.25) is 5.15 Å². The predicted molar refractivity (Wildman–Crippen MR) is 109 cm³/mol. The maximum absolute atomic E-state index is 6.05. The van der Waals surface area contributed by atoms with Gasteiger partial charge in [0.25, 0.3) is 0 Å². The largest absolute Gasteiger partial charge is 0.262 e. The average Bonchev–Trinajstić information content (AvgIpc) is 2.98. The Morgan fingerprint density at radius 2 is 2.17 bits per heavy atom. The highest BCUT2D eigenvalue weighted by molar-refractivity contribution is 7.17. The van der Waals surface area contributed by atoms with Crippen molar-refractivity contribution >= 4 is 44.4 Å². The standard InChI is InChI=1S/C20H23ClN2S/c1-5-14(3)11-12-22-15(4)7-8-16(6-2)17-13-24-18-9-10-19(21)23-20(17)18/h6-14H,5H2,1-4H3/b8-7-,12-11-,16-6+,22-15-. The van der Waals surface area contributed by atoms with Gasteiger partial charge in [-0.15, -0.1) is 11.3 Å². The molecule has 0 amide bonds. The Morgan fingerprint density at radius 3 is 2.88 bits per heavy atom. The first-order chi connectivity index (χ1) is 11.5. The van der Waals surface area contributed by atoms with Crippen LogP contribution in [0.15, 0.2) is 53.0 Å². The highest BCUT2D eigenvalue weighted by Gasteiger charge is 2.08. The van der Waals surface area contributed by atoms with Crippen LogP contribution < -0.4 is 0 Å². The van der Waals surface area contributed by atoms with Crippen molar-refractivity contribution < 1.29 is 0 Å². The van der Waals surface area contributed by atoms with Crippen LogP contribution in [0.25, 0.3) is 15.8 Å². The quantitative estimate of drug-likeness (QED) is 0.312. The summed E-state index contributed by atoms with van der Waals surface area (Å²) in [5.41, 5.74) is 4.16. The molecule has 0 radical (unpaired) electrons. The Labute approximate surface area is 153 Å². The molecule has 0 aliphatic heterocycles. The zero-order valence-corrected chi connectivity index (χ0v) is 16.2. The van der Waals surface area contributed by atoms with Crippen LogP contribution in [0.4, 0.5) is 0 Å². The second-order valence-corrected chi connectivity index (χ2v) is 7.00. The Morgan fingerprint density at radius 1 is 1.38 bits per heavy atom. The lowest BCUT2D eigenvalue weighted by Gasteiger charge is -2.00. The molecule has 0 aromatic carbocycles. The Kier molecular flexibility index (Phi) is 6.95. The van der Waals surface area contributed by atoms with E-state index in [9.17, 15) is 0 Å². The van der Waals surface area contributed by atoms with Crippen LogP contribution >= 0.6 is 22.9 Å². The molecule has 2 aromatic heterocycles. The summed E-state index contributed by atoms with van der Waals surface area (Å²) in [6, 6.07) is 3.85. The van der Waals surface area contributed by atoms with Crippen molar-refractivity contribution in [3.63, 3.8) is 0 Å². The number of thiophene rings is 1. The highest BCUT2D eigenvalue weighted by atomic mass is 35.5. The number of hydrogen-bond acceptors (Lipinski definition) is 3. The van der Waals surface area contributed by atoms with Gasteiger partial charge in [0, 0.05) is 22.9 Å². The van der Waals surface area contributed by atoms with Crippen LogP contribution in [-0.2, 0) is 0 Å². The summed E-state index contributed by atoms with van der Waals surface area (Å²) >= 11 is 7.73. The number of aliphatic imine (C=N–C) groups is 1. The van der Waals surface area contributed by atoms with Crippen molar-refractivity contribution in [2.75, 3.05) is 0 Å². The van der Waals surface area contributed by atoms with Gasteiger partial charge in [0.05, 0.1) is 10.2 Å². The normalized spacial score (nSPS) is 15.0. The highest BCUT2D eigenvalue weighted by Crippen LogP contribution is 2.31. The zero-order valence-electron chi connectivity index (χ0n) is 14.6. The monoisotopic (exact) mass is 358 g/mol. The smallest absolute Gasteiger partial charge is 0.129 e. The summed E-state index contributed by atoms with van der Waals surface area (Å²) in [5.74, 6) is 0.560. The lowest BCUT2D eigenvalue weighted by molar-refractivity contribution is 0.697. The second kappa shape index (κ2) is 8.95. The molecule has 0 saturated carbocycles. The van der Waals surface area contributed by atoms with Crippen molar-refractivity contribution in [3.8, 4) is 0 Å². The fourth-order valence-electron chi connectivity index (χ4n) is 2.13. The molecule has 0 spiro atoms. The number of nitrogens with zero attached hydrogens (tertiary/aromatic N) is 2. The maximum Gasteiger partial charge on any atom is 0.129 e. The SMILES string of the molecule is C\C=C(/C=C\C(C)=N/C=C\C(C)CC)c1csc2ccc(Cl)nc12. The second-order valence-electron chi connectivity index (χ2n) is 5.70. The van der Waals surface area contributed by atoms with E-state index in [0.717, 1.165) is 33.5 Å². The van der Waals surface area contributed by atoms with E-state index in [4.69, 9.17) is 11.6 Å². The first-order valence-corrected chi connectivity index (χ1v) is 9.40. The summed E-state index contributed by atoms with van der Waals surface area (Å²) in [5, 5.41) is 2.65. The summed E-state index contributed by atoms with van der Waals surface area (Å²) < 4.78 is 1.14. The van der Waals surface area contributed by atoms with E-state index in [1.165, 1.54) is 0 Å². The molecule has 2 aromatic rings. The lowest BCUT2D eigenvalue weighted by Crippen LogP contribution is -1.87. The van der Waals surface area contributed by atoms with Crippen LogP contribution in [0.3, 0.4) is 0 Å². The van der Waals surface area contributed by atoms with E-state index in [2.05, 4.69) is 47.4 Å². The number of rotatable bonds is 6. The molecular formula is C20H23ClN2S. The lowest BCUT2D eigenvalue weighted by atomic mass is 10.1. The van der Waals surface area contributed by atoms with Crippen LogP contribution in [-0.4, -0.2) is 10.7 Å². The van der Waals surface area contributed by atoms with Crippen LogP contribution in [0.1, 0.15) is 39.7 Å². The fourth-order valence-corrected chi connectivity index (χ4v) is 3.19. The van der Waals surface area contributed by atoms with Gasteiger partial charge in [-0.3, -0.25) is 4.99 Å². The third kappa shape index (κ3) is 4.89. The Balaban J connectivity index is 2.21. The summed E-state index contributed by atoms with van der Waals surface area (Å²) in [4.78, 5) is 8.93. The van der Waals surface area contributed by atoms with E-state index in [-0.39, 0.29) is 0 Å². The molecular weight excluding hydrogens is 336 g/mol. The first kappa shape index (κ1) is 18.6. The van der Waals surface area contributed by atoms with E-state index in [1.807, 2.05) is 38.3 Å².